The Hall–Kier alpha value is -2.89. The topological polar surface area (TPSA) is 79.2 Å². The number of nitrogens with one attached hydrogen (secondary N) is 1. The first-order valence-corrected chi connectivity index (χ1v) is 7.98. The number of imidazole rings is 1. The number of likely N-dealkylation sites (tertiary alicyclic amines) is 1. The maximum atomic E-state index is 12.6. The zero-order valence-corrected chi connectivity index (χ0v) is 13.3. The molecule has 122 valence electrons. The zero-order valence-electron chi connectivity index (χ0n) is 13.3. The van der Waals surface area contributed by atoms with Crippen LogP contribution < -0.4 is 0 Å². The second kappa shape index (κ2) is 5.63. The van der Waals surface area contributed by atoms with Crippen LogP contribution in [0.2, 0.25) is 0 Å². The number of carbonyl (C=O) groups excluding carboxylic acids is 2. The third kappa shape index (κ3) is 2.40. The first-order chi connectivity index (χ1) is 11.6. The van der Waals surface area contributed by atoms with Gasteiger partial charge in [-0.2, -0.15) is 0 Å². The number of hydrogen-bond acceptors (Lipinski definition) is 4. The normalized spacial score (nSPS) is 17.5. The molecule has 0 bridgehead atoms. The molecule has 4 rings (SSSR count). The maximum absolute atomic E-state index is 12.6. The molecule has 0 radical (unpaired) electrons. The lowest BCUT2D eigenvalue weighted by Crippen LogP contribution is -2.36. The molecule has 1 fully saturated rings. The number of carbonyl (C=O) groups is 2. The Morgan fingerprint density at radius 1 is 1.33 bits per heavy atom. The first kappa shape index (κ1) is 14.7. The molecule has 0 saturated carbocycles. The minimum absolute atomic E-state index is 0.0749. The van der Waals surface area contributed by atoms with Gasteiger partial charge in [-0.05, 0) is 49.6 Å². The van der Waals surface area contributed by atoms with Crippen molar-refractivity contribution in [3.63, 3.8) is 0 Å². The van der Waals surface area contributed by atoms with Crippen LogP contribution in [0.1, 0.15) is 40.8 Å². The molecule has 3 aromatic rings. The molecule has 1 N–H and O–H groups in total. The van der Waals surface area contributed by atoms with E-state index in [0.717, 1.165) is 35.3 Å². The molecule has 2 aromatic heterocycles. The number of benzene rings is 1. The van der Waals surface area contributed by atoms with Crippen LogP contribution in [-0.2, 0) is 4.79 Å². The second-order valence-corrected chi connectivity index (χ2v) is 6.11. The highest BCUT2D eigenvalue weighted by atomic mass is 16.3. The molecule has 1 amide bonds. The smallest absolute Gasteiger partial charge is 0.298 e. The van der Waals surface area contributed by atoms with Crippen molar-refractivity contribution in [2.45, 2.75) is 25.8 Å². The molecule has 0 spiro atoms. The second-order valence-electron chi connectivity index (χ2n) is 6.11. The van der Waals surface area contributed by atoms with E-state index in [4.69, 9.17) is 4.42 Å². The van der Waals surface area contributed by atoms with E-state index in [1.165, 1.54) is 12.3 Å². The van der Waals surface area contributed by atoms with Crippen molar-refractivity contribution in [1.82, 2.24) is 14.9 Å². The fourth-order valence-electron chi connectivity index (χ4n) is 3.24. The highest BCUT2D eigenvalue weighted by molar-refractivity contribution is 6.42. The summed E-state index contributed by atoms with van der Waals surface area (Å²) in [7, 11) is 0. The van der Waals surface area contributed by atoms with Gasteiger partial charge >= 0.3 is 0 Å². The van der Waals surface area contributed by atoms with Gasteiger partial charge in [-0.15, -0.1) is 0 Å². The van der Waals surface area contributed by atoms with E-state index in [1.807, 2.05) is 25.1 Å². The van der Waals surface area contributed by atoms with E-state index >= 15 is 0 Å². The molecule has 1 aliphatic heterocycles. The van der Waals surface area contributed by atoms with Crippen LogP contribution in [0.25, 0.3) is 11.0 Å². The van der Waals surface area contributed by atoms with Gasteiger partial charge in [0, 0.05) is 6.54 Å². The fourth-order valence-corrected chi connectivity index (χ4v) is 3.24. The standard InChI is InChI=1S/C18H17N3O3/c1-11-6-7-12-13(10-11)20-17(19-12)14-4-2-8-21(14)18(23)16(22)15-5-3-9-24-15/h3,5-7,9-10,14H,2,4,8H2,1H3,(H,19,20)/t14-/m0/s1. The molecule has 1 aromatic carbocycles. The van der Waals surface area contributed by atoms with Gasteiger partial charge in [0.05, 0.1) is 23.3 Å². The maximum Gasteiger partial charge on any atom is 0.298 e. The Bertz CT molecular complexity index is 911. The Morgan fingerprint density at radius 2 is 2.21 bits per heavy atom. The third-order valence-electron chi connectivity index (χ3n) is 4.42. The van der Waals surface area contributed by atoms with Crippen molar-refractivity contribution in [2.24, 2.45) is 0 Å². The minimum atomic E-state index is -0.612. The van der Waals surface area contributed by atoms with Crippen LogP contribution in [0.3, 0.4) is 0 Å². The van der Waals surface area contributed by atoms with Gasteiger partial charge in [-0.1, -0.05) is 6.07 Å². The quantitative estimate of drug-likeness (QED) is 0.593. The summed E-state index contributed by atoms with van der Waals surface area (Å²) in [5.41, 5.74) is 2.96. The summed E-state index contributed by atoms with van der Waals surface area (Å²) < 4.78 is 5.06. The van der Waals surface area contributed by atoms with E-state index in [2.05, 4.69) is 9.97 Å². The molecule has 0 aliphatic carbocycles. The van der Waals surface area contributed by atoms with Crippen LogP contribution in [0.15, 0.2) is 41.0 Å². The number of amides is 1. The molecule has 24 heavy (non-hydrogen) atoms. The fraction of sp³-hybridized carbons (Fsp3) is 0.278. The SMILES string of the molecule is Cc1ccc2nc([C@@H]3CCCN3C(=O)C(=O)c3ccco3)[nH]c2c1. The number of aromatic nitrogens is 2. The van der Waals surface area contributed by atoms with Crippen molar-refractivity contribution in [1.29, 1.82) is 0 Å². The molecular weight excluding hydrogens is 306 g/mol. The van der Waals surface area contributed by atoms with Gasteiger partial charge in [0.1, 0.15) is 5.82 Å². The largest absolute Gasteiger partial charge is 0.461 e. The lowest BCUT2D eigenvalue weighted by atomic mass is 10.2. The van der Waals surface area contributed by atoms with Crippen LogP contribution in [0, 0.1) is 6.92 Å². The Kier molecular flexibility index (Phi) is 3.45. The zero-order chi connectivity index (χ0) is 16.7. The lowest BCUT2D eigenvalue weighted by Gasteiger charge is -2.21. The number of H-pyrrole nitrogens is 1. The molecule has 0 unspecified atom stereocenters. The average molecular weight is 323 g/mol. The number of furan rings is 1. The van der Waals surface area contributed by atoms with Crippen molar-refractivity contribution < 1.29 is 14.0 Å². The number of nitrogens with zero attached hydrogens (tertiary/aromatic N) is 2. The van der Waals surface area contributed by atoms with E-state index in [-0.39, 0.29) is 11.8 Å². The van der Waals surface area contributed by atoms with Crippen molar-refractivity contribution in [2.75, 3.05) is 6.54 Å². The lowest BCUT2D eigenvalue weighted by molar-refractivity contribution is -0.127. The Morgan fingerprint density at radius 3 is 3.00 bits per heavy atom. The predicted molar refractivity (Wildman–Crippen MR) is 87.6 cm³/mol. The third-order valence-corrected chi connectivity index (χ3v) is 4.42. The van der Waals surface area contributed by atoms with Gasteiger partial charge < -0.3 is 14.3 Å². The molecule has 1 aliphatic rings. The first-order valence-electron chi connectivity index (χ1n) is 7.98. The van der Waals surface area contributed by atoms with Crippen LogP contribution >= 0.6 is 0 Å². The van der Waals surface area contributed by atoms with E-state index in [1.54, 1.807) is 11.0 Å². The number of Topliss-reactive ketones (excluding diaryl/α,β-unsaturated/α-hetero) is 1. The van der Waals surface area contributed by atoms with Crippen LogP contribution in [0.4, 0.5) is 0 Å². The Labute approximate surface area is 138 Å². The summed E-state index contributed by atoms with van der Waals surface area (Å²) in [6.45, 7) is 2.57. The predicted octanol–water partition coefficient (Wildman–Crippen LogP) is 3.01. The highest BCUT2D eigenvalue weighted by Crippen LogP contribution is 2.32. The number of aryl methyl sites for hydroxylation is 1. The van der Waals surface area contributed by atoms with Gasteiger partial charge in [0.2, 0.25) is 0 Å². The van der Waals surface area contributed by atoms with Gasteiger partial charge in [0.25, 0.3) is 11.7 Å². The number of hydrogen-bond donors (Lipinski definition) is 1. The minimum Gasteiger partial charge on any atom is -0.461 e. The van der Waals surface area contributed by atoms with Crippen LogP contribution in [-0.4, -0.2) is 33.1 Å². The van der Waals surface area contributed by atoms with Gasteiger partial charge in [0.15, 0.2) is 5.76 Å². The molecular formula is C18H17N3O3. The Balaban J connectivity index is 1.64. The number of rotatable bonds is 3. The monoisotopic (exact) mass is 323 g/mol. The van der Waals surface area contributed by atoms with E-state index < -0.39 is 11.7 Å². The molecule has 1 saturated heterocycles. The van der Waals surface area contributed by atoms with Gasteiger partial charge in [-0.25, -0.2) is 4.98 Å². The number of aromatic amines is 1. The summed E-state index contributed by atoms with van der Waals surface area (Å²) in [5.74, 6) is -0.345. The summed E-state index contributed by atoms with van der Waals surface area (Å²) in [6, 6.07) is 8.90. The summed E-state index contributed by atoms with van der Waals surface area (Å²) in [4.78, 5) is 34.3. The number of fused-ring (bicyclic) bond motifs is 1. The number of ketones is 1. The summed E-state index contributed by atoms with van der Waals surface area (Å²) >= 11 is 0. The van der Waals surface area contributed by atoms with Crippen molar-refractivity contribution in [3.05, 3.63) is 53.7 Å². The van der Waals surface area contributed by atoms with E-state index in [0.29, 0.717) is 6.54 Å². The summed E-state index contributed by atoms with van der Waals surface area (Å²) in [5, 5.41) is 0. The van der Waals surface area contributed by atoms with Crippen molar-refractivity contribution in [3.8, 4) is 0 Å². The van der Waals surface area contributed by atoms with Gasteiger partial charge in [-0.3, -0.25) is 9.59 Å². The average Bonchev–Trinajstić information content (AvgIpc) is 3.30. The van der Waals surface area contributed by atoms with Crippen LogP contribution in [0.5, 0.6) is 0 Å². The molecule has 3 heterocycles. The highest BCUT2D eigenvalue weighted by Gasteiger charge is 2.36. The van der Waals surface area contributed by atoms with Crippen molar-refractivity contribution >= 4 is 22.7 Å². The summed E-state index contributed by atoms with van der Waals surface area (Å²) in [6.07, 6.45) is 3.03. The molecule has 6 heteroatoms. The molecule has 1 atom stereocenters. The molecule has 6 nitrogen and oxygen atoms in total. The van der Waals surface area contributed by atoms with E-state index in [9.17, 15) is 9.59 Å².